The highest BCUT2D eigenvalue weighted by molar-refractivity contribution is 7.90. The van der Waals surface area contributed by atoms with Crippen LogP contribution in [-0.4, -0.2) is 33.2 Å². The van der Waals surface area contributed by atoms with Gasteiger partial charge in [0.25, 0.3) is 0 Å². The first kappa shape index (κ1) is 23.5. The summed E-state index contributed by atoms with van der Waals surface area (Å²) in [6, 6.07) is 20.9. The Morgan fingerprint density at radius 1 is 0.906 bits per heavy atom. The maximum Gasteiger partial charge on any atom is 0.175 e. The molecule has 0 saturated carbocycles. The second-order valence-electron chi connectivity index (χ2n) is 7.52. The average Bonchev–Trinajstić information content (AvgIpc) is 2.74. The summed E-state index contributed by atoms with van der Waals surface area (Å²) in [5.41, 5.74) is 1.53. The Labute approximate surface area is 188 Å². The first-order valence-corrected chi connectivity index (χ1v) is 12.0. The second kappa shape index (κ2) is 10.4. The molecule has 6 nitrogen and oxygen atoms in total. The van der Waals surface area contributed by atoms with E-state index in [1.54, 1.807) is 30.3 Å². The quantitative estimate of drug-likeness (QED) is 0.398. The lowest BCUT2D eigenvalue weighted by Crippen LogP contribution is -2.19. The summed E-state index contributed by atoms with van der Waals surface area (Å²) in [6.07, 6.45) is 0.899. The highest BCUT2D eigenvalue weighted by atomic mass is 32.2. The molecule has 0 spiro atoms. The topological polar surface area (TPSA) is 78.9 Å². The van der Waals surface area contributed by atoms with Crippen LogP contribution in [0.2, 0.25) is 0 Å². The predicted molar refractivity (Wildman–Crippen MR) is 122 cm³/mol. The molecule has 168 valence electrons. The molecule has 3 aromatic carbocycles. The van der Waals surface area contributed by atoms with Crippen molar-refractivity contribution in [2.24, 2.45) is 0 Å². The number of ketones is 1. The Kier molecular flexibility index (Phi) is 7.66. The third-order valence-corrected chi connectivity index (χ3v) is 5.70. The number of carbonyl (C=O) groups is 1. The maximum atomic E-state index is 12.0. The predicted octanol–water partition coefficient (Wildman–Crippen LogP) is 5.07. The zero-order valence-corrected chi connectivity index (χ0v) is 19.1. The Hall–Kier alpha value is -3.16. The van der Waals surface area contributed by atoms with E-state index >= 15 is 0 Å². The van der Waals surface area contributed by atoms with Crippen molar-refractivity contribution in [2.45, 2.75) is 31.5 Å². The first-order valence-electron chi connectivity index (χ1n) is 10.1. The molecule has 3 aromatic rings. The summed E-state index contributed by atoms with van der Waals surface area (Å²) in [4.78, 5) is 12.2. The molecule has 0 aliphatic heterocycles. The third-order valence-electron chi connectivity index (χ3n) is 4.58. The van der Waals surface area contributed by atoms with Crippen molar-refractivity contribution in [1.82, 2.24) is 0 Å². The first-order chi connectivity index (χ1) is 15.2. The van der Waals surface area contributed by atoms with Gasteiger partial charge in [-0.2, -0.15) is 0 Å². The highest BCUT2D eigenvalue weighted by Gasteiger charge is 2.12. The van der Waals surface area contributed by atoms with Crippen LogP contribution in [0.1, 0.15) is 29.8 Å². The Bertz CT molecular complexity index is 1150. The van der Waals surface area contributed by atoms with Gasteiger partial charge in [0.15, 0.2) is 15.6 Å². The Morgan fingerprint density at radius 2 is 1.56 bits per heavy atom. The Morgan fingerprint density at radius 3 is 2.19 bits per heavy atom. The van der Waals surface area contributed by atoms with Crippen molar-refractivity contribution in [3.63, 3.8) is 0 Å². The number of rotatable bonds is 10. The van der Waals surface area contributed by atoms with Crippen LogP contribution in [0.15, 0.2) is 77.7 Å². The van der Waals surface area contributed by atoms with Gasteiger partial charge in [0.05, 0.1) is 18.1 Å². The van der Waals surface area contributed by atoms with Gasteiger partial charge in [0.2, 0.25) is 0 Å². The van der Waals surface area contributed by atoms with Gasteiger partial charge >= 0.3 is 0 Å². The van der Waals surface area contributed by atoms with Crippen LogP contribution >= 0.6 is 0 Å². The fourth-order valence-electron chi connectivity index (χ4n) is 2.98. The molecule has 0 radical (unpaired) electrons. The number of ether oxygens (including phenoxy) is 3. The van der Waals surface area contributed by atoms with Crippen molar-refractivity contribution in [3.05, 3.63) is 83.9 Å². The zero-order chi connectivity index (χ0) is 23.1. The molecule has 32 heavy (non-hydrogen) atoms. The number of benzene rings is 3. The molecule has 0 fully saturated rings. The van der Waals surface area contributed by atoms with Crippen LogP contribution in [0.25, 0.3) is 0 Å². The third kappa shape index (κ3) is 6.93. The zero-order valence-electron chi connectivity index (χ0n) is 18.3. The van der Waals surface area contributed by atoms with E-state index in [4.69, 9.17) is 14.2 Å². The van der Waals surface area contributed by atoms with Gasteiger partial charge in [-0.05, 0) is 55.8 Å². The van der Waals surface area contributed by atoms with Crippen molar-refractivity contribution >= 4 is 15.6 Å². The van der Waals surface area contributed by atoms with E-state index in [1.807, 2.05) is 37.3 Å². The van der Waals surface area contributed by atoms with Gasteiger partial charge in [-0.1, -0.05) is 30.3 Å². The summed E-state index contributed by atoms with van der Waals surface area (Å²) >= 11 is 0. The summed E-state index contributed by atoms with van der Waals surface area (Å²) in [5, 5.41) is 0. The standard InChI is InChI=1S/C25H26O6S/c1-18(16-29-17-20-7-5-4-6-8-20)30-23-13-21(19(2)26)14-24(15-23)31-22-9-11-25(12-10-22)32(3,27)28/h4-15,18H,16-17H2,1-3H3/t18-/m0/s1. The molecule has 0 bridgehead atoms. The van der Waals surface area contributed by atoms with Gasteiger partial charge < -0.3 is 14.2 Å². The van der Waals surface area contributed by atoms with E-state index < -0.39 is 9.84 Å². The van der Waals surface area contributed by atoms with Crippen LogP contribution in [0.3, 0.4) is 0 Å². The van der Waals surface area contributed by atoms with Gasteiger partial charge in [-0.3, -0.25) is 4.79 Å². The van der Waals surface area contributed by atoms with Gasteiger partial charge in [-0.25, -0.2) is 8.42 Å². The normalized spacial score (nSPS) is 12.2. The van der Waals surface area contributed by atoms with Crippen molar-refractivity contribution < 1.29 is 27.4 Å². The summed E-state index contributed by atoms with van der Waals surface area (Å²) < 4.78 is 40.8. The molecular weight excluding hydrogens is 428 g/mol. The summed E-state index contributed by atoms with van der Waals surface area (Å²) in [6.45, 7) is 4.22. The second-order valence-corrected chi connectivity index (χ2v) is 9.54. The van der Waals surface area contributed by atoms with Crippen LogP contribution in [0.4, 0.5) is 0 Å². The minimum absolute atomic E-state index is 0.124. The molecular formula is C25H26O6S. The number of carbonyl (C=O) groups excluding carboxylic acids is 1. The monoisotopic (exact) mass is 454 g/mol. The highest BCUT2D eigenvalue weighted by Crippen LogP contribution is 2.29. The van der Waals surface area contributed by atoms with Gasteiger partial charge in [0.1, 0.15) is 23.4 Å². The molecule has 0 N–H and O–H groups in total. The van der Waals surface area contributed by atoms with E-state index in [9.17, 15) is 13.2 Å². The van der Waals surface area contributed by atoms with Gasteiger partial charge in [0, 0.05) is 17.9 Å². The lowest BCUT2D eigenvalue weighted by molar-refractivity contribution is 0.0492. The molecule has 0 amide bonds. The fraction of sp³-hybridized carbons (Fsp3) is 0.240. The number of hydrogen-bond donors (Lipinski definition) is 0. The lowest BCUT2D eigenvalue weighted by atomic mass is 10.1. The minimum atomic E-state index is -3.29. The van der Waals surface area contributed by atoms with Crippen LogP contribution in [0, 0.1) is 0 Å². The number of Topliss-reactive ketones (excluding diaryl/α,β-unsaturated/α-hetero) is 1. The smallest absolute Gasteiger partial charge is 0.175 e. The van der Waals surface area contributed by atoms with E-state index in [2.05, 4.69) is 0 Å². The lowest BCUT2D eigenvalue weighted by Gasteiger charge is -2.17. The van der Waals surface area contributed by atoms with E-state index in [1.165, 1.54) is 19.1 Å². The summed E-state index contributed by atoms with van der Waals surface area (Å²) in [7, 11) is -3.29. The minimum Gasteiger partial charge on any atom is -0.488 e. The largest absolute Gasteiger partial charge is 0.488 e. The van der Waals surface area contributed by atoms with Crippen molar-refractivity contribution in [2.75, 3.05) is 12.9 Å². The summed E-state index contributed by atoms with van der Waals surface area (Å²) in [5.74, 6) is 1.22. The van der Waals surface area contributed by atoms with Crippen LogP contribution < -0.4 is 9.47 Å². The van der Waals surface area contributed by atoms with E-state index in [0.29, 0.717) is 36.0 Å². The van der Waals surface area contributed by atoms with Crippen molar-refractivity contribution in [1.29, 1.82) is 0 Å². The number of hydrogen-bond acceptors (Lipinski definition) is 6. The molecule has 1 atom stereocenters. The molecule has 0 aliphatic rings. The van der Waals surface area contributed by atoms with Crippen molar-refractivity contribution in [3.8, 4) is 17.2 Å². The maximum absolute atomic E-state index is 12.0. The molecule has 0 aliphatic carbocycles. The number of sulfone groups is 1. The van der Waals surface area contributed by atoms with Crippen LogP contribution in [0.5, 0.6) is 17.2 Å². The van der Waals surface area contributed by atoms with E-state index in [0.717, 1.165) is 11.8 Å². The molecule has 0 unspecified atom stereocenters. The Balaban J connectivity index is 1.67. The molecule has 3 rings (SSSR count). The van der Waals surface area contributed by atoms with E-state index in [-0.39, 0.29) is 16.8 Å². The SMILES string of the molecule is CC(=O)c1cc(Oc2ccc(S(C)(=O)=O)cc2)cc(O[C@@H](C)COCc2ccccc2)c1. The fourth-order valence-corrected chi connectivity index (χ4v) is 3.61. The van der Waals surface area contributed by atoms with Gasteiger partial charge in [-0.15, -0.1) is 0 Å². The molecule has 0 saturated heterocycles. The average molecular weight is 455 g/mol. The molecule has 7 heteroatoms. The molecule has 0 aromatic heterocycles. The van der Waals surface area contributed by atoms with Crippen LogP contribution in [-0.2, 0) is 21.2 Å². The molecule has 0 heterocycles.